The third kappa shape index (κ3) is 46.3. The fourth-order valence-electron chi connectivity index (χ4n) is 7.09. The lowest BCUT2D eigenvalue weighted by atomic mass is 10.0. The molecule has 0 aromatic carbocycles. The van der Waals surface area contributed by atoms with Gasteiger partial charge in [0.2, 0.25) is 0 Å². The van der Waals surface area contributed by atoms with E-state index >= 15 is 0 Å². The Morgan fingerprint density at radius 1 is 0.356 bits per heavy atom. The summed E-state index contributed by atoms with van der Waals surface area (Å²) >= 11 is 0. The van der Waals surface area contributed by atoms with Crippen LogP contribution in [0.15, 0.2) is 48.6 Å². The Bertz CT molecular complexity index is 1040. The molecule has 0 spiro atoms. The Hall–Kier alpha value is -2.63. The SMILES string of the molecule is CC\C=C/C=C\C=C/CCCCCCCC(=O)OC(COC(=O)CCC/C=C\CCCCCC)COC(=O)CCCCCCCCCCCCCCCCCCCCC. The highest BCUT2D eigenvalue weighted by Gasteiger charge is 2.19. The van der Waals surface area contributed by atoms with Crippen molar-refractivity contribution in [3.63, 3.8) is 0 Å². The predicted molar refractivity (Wildman–Crippen MR) is 252 cm³/mol. The average molecular weight is 827 g/mol. The van der Waals surface area contributed by atoms with E-state index in [1.54, 1.807) is 0 Å². The Kier molecular flexibility index (Phi) is 45.9. The fraction of sp³-hybridized carbons (Fsp3) is 0.792. The standard InChI is InChI=1S/C53H94O6/c1-4-7-10-13-16-19-21-23-24-25-26-27-28-30-31-34-37-40-43-46-52(55)58-49-50(48-57-51(54)45-42-39-36-33-18-15-12-9-6-3)59-53(56)47-44-41-38-35-32-29-22-20-17-14-11-8-5-2/h8,11,14,17,20,22,33,36,50H,4-7,9-10,12-13,15-16,18-19,21,23-32,34-35,37-49H2,1-3H3/b11-8-,17-14-,22-20-,36-33-. The molecule has 0 bridgehead atoms. The molecule has 342 valence electrons. The summed E-state index contributed by atoms with van der Waals surface area (Å²) in [5.41, 5.74) is 0. The van der Waals surface area contributed by atoms with E-state index in [0.717, 1.165) is 77.0 Å². The fourth-order valence-corrected chi connectivity index (χ4v) is 7.09. The molecular weight excluding hydrogens is 733 g/mol. The van der Waals surface area contributed by atoms with Gasteiger partial charge in [0, 0.05) is 19.3 Å². The molecule has 6 heteroatoms. The molecule has 0 aromatic rings. The Labute approximate surface area is 365 Å². The van der Waals surface area contributed by atoms with E-state index in [-0.39, 0.29) is 31.1 Å². The molecule has 0 aliphatic carbocycles. The number of esters is 3. The molecule has 1 unspecified atom stereocenters. The van der Waals surface area contributed by atoms with E-state index in [9.17, 15) is 14.4 Å². The van der Waals surface area contributed by atoms with Gasteiger partial charge in [-0.1, -0.05) is 223 Å². The van der Waals surface area contributed by atoms with Crippen LogP contribution in [-0.2, 0) is 28.6 Å². The van der Waals surface area contributed by atoms with Gasteiger partial charge in [-0.05, 0) is 57.8 Å². The van der Waals surface area contributed by atoms with Crippen LogP contribution in [0.4, 0.5) is 0 Å². The lowest BCUT2D eigenvalue weighted by Gasteiger charge is -2.18. The van der Waals surface area contributed by atoms with Crippen molar-refractivity contribution in [2.45, 2.75) is 258 Å². The summed E-state index contributed by atoms with van der Waals surface area (Å²) in [6.07, 6.45) is 56.9. The zero-order chi connectivity index (χ0) is 43.0. The van der Waals surface area contributed by atoms with E-state index in [0.29, 0.717) is 25.7 Å². The van der Waals surface area contributed by atoms with Crippen molar-refractivity contribution in [2.24, 2.45) is 0 Å². The first kappa shape index (κ1) is 56.4. The maximum Gasteiger partial charge on any atom is 0.306 e. The van der Waals surface area contributed by atoms with Gasteiger partial charge >= 0.3 is 17.9 Å². The number of ether oxygens (including phenoxy) is 3. The van der Waals surface area contributed by atoms with Gasteiger partial charge in [-0.25, -0.2) is 0 Å². The molecule has 0 heterocycles. The normalized spacial score (nSPS) is 12.4. The Morgan fingerprint density at radius 2 is 0.695 bits per heavy atom. The Morgan fingerprint density at radius 3 is 1.15 bits per heavy atom. The molecule has 0 radical (unpaired) electrons. The average Bonchev–Trinajstić information content (AvgIpc) is 3.23. The van der Waals surface area contributed by atoms with Crippen LogP contribution in [0.5, 0.6) is 0 Å². The van der Waals surface area contributed by atoms with Crippen LogP contribution < -0.4 is 0 Å². The lowest BCUT2D eigenvalue weighted by Crippen LogP contribution is -2.30. The second kappa shape index (κ2) is 48.0. The second-order valence-electron chi connectivity index (χ2n) is 16.8. The molecular formula is C53H94O6. The Balaban J connectivity index is 4.29. The molecule has 0 amide bonds. The van der Waals surface area contributed by atoms with Gasteiger partial charge in [0.25, 0.3) is 0 Å². The maximum atomic E-state index is 12.7. The number of carbonyl (C=O) groups is 3. The summed E-state index contributed by atoms with van der Waals surface area (Å²) in [4.78, 5) is 37.8. The first-order valence-corrected chi connectivity index (χ1v) is 25.2. The highest BCUT2D eigenvalue weighted by atomic mass is 16.6. The van der Waals surface area contributed by atoms with Crippen LogP contribution in [0, 0.1) is 0 Å². The maximum absolute atomic E-state index is 12.7. The summed E-state index contributed by atoms with van der Waals surface area (Å²) in [6.45, 7) is 6.44. The summed E-state index contributed by atoms with van der Waals surface area (Å²) in [6, 6.07) is 0. The predicted octanol–water partition coefficient (Wildman–Crippen LogP) is 16.3. The summed E-state index contributed by atoms with van der Waals surface area (Å²) < 4.78 is 16.7. The number of carbonyl (C=O) groups excluding carboxylic acids is 3. The molecule has 0 saturated carbocycles. The van der Waals surface area contributed by atoms with Crippen LogP contribution in [0.3, 0.4) is 0 Å². The highest BCUT2D eigenvalue weighted by Crippen LogP contribution is 2.16. The topological polar surface area (TPSA) is 78.9 Å². The largest absolute Gasteiger partial charge is 0.462 e. The monoisotopic (exact) mass is 827 g/mol. The van der Waals surface area contributed by atoms with E-state index in [1.807, 2.05) is 0 Å². The van der Waals surface area contributed by atoms with Crippen molar-refractivity contribution < 1.29 is 28.6 Å². The van der Waals surface area contributed by atoms with Crippen molar-refractivity contribution in [3.05, 3.63) is 48.6 Å². The van der Waals surface area contributed by atoms with Gasteiger partial charge in [0.15, 0.2) is 6.10 Å². The van der Waals surface area contributed by atoms with E-state index < -0.39 is 6.10 Å². The molecule has 0 aromatic heterocycles. The molecule has 0 aliphatic heterocycles. The van der Waals surface area contributed by atoms with Crippen molar-refractivity contribution in [3.8, 4) is 0 Å². The van der Waals surface area contributed by atoms with E-state index in [1.165, 1.54) is 128 Å². The van der Waals surface area contributed by atoms with E-state index in [4.69, 9.17) is 14.2 Å². The van der Waals surface area contributed by atoms with Gasteiger partial charge < -0.3 is 14.2 Å². The number of unbranched alkanes of at least 4 members (excludes halogenated alkanes) is 28. The van der Waals surface area contributed by atoms with Gasteiger partial charge in [0.1, 0.15) is 13.2 Å². The van der Waals surface area contributed by atoms with Crippen LogP contribution in [-0.4, -0.2) is 37.2 Å². The molecule has 0 N–H and O–H groups in total. The zero-order valence-electron chi connectivity index (χ0n) is 39.0. The van der Waals surface area contributed by atoms with Crippen LogP contribution in [0.1, 0.15) is 252 Å². The number of hydrogen-bond acceptors (Lipinski definition) is 6. The van der Waals surface area contributed by atoms with E-state index in [2.05, 4.69) is 69.4 Å². The quantitative estimate of drug-likeness (QED) is 0.0200. The van der Waals surface area contributed by atoms with Gasteiger partial charge in [-0.15, -0.1) is 0 Å². The molecule has 6 nitrogen and oxygen atoms in total. The third-order valence-corrected chi connectivity index (χ3v) is 10.9. The van der Waals surface area contributed by atoms with Crippen molar-refractivity contribution in [1.29, 1.82) is 0 Å². The number of rotatable bonds is 45. The minimum Gasteiger partial charge on any atom is -0.462 e. The van der Waals surface area contributed by atoms with Gasteiger partial charge in [0.05, 0.1) is 0 Å². The van der Waals surface area contributed by atoms with Crippen molar-refractivity contribution in [1.82, 2.24) is 0 Å². The molecule has 59 heavy (non-hydrogen) atoms. The van der Waals surface area contributed by atoms with Gasteiger partial charge in [-0.2, -0.15) is 0 Å². The second-order valence-corrected chi connectivity index (χ2v) is 16.8. The minimum absolute atomic E-state index is 0.0880. The van der Waals surface area contributed by atoms with Crippen LogP contribution in [0.2, 0.25) is 0 Å². The molecule has 0 saturated heterocycles. The first-order chi connectivity index (χ1) is 29.0. The zero-order valence-corrected chi connectivity index (χ0v) is 39.0. The molecule has 0 aliphatic rings. The van der Waals surface area contributed by atoms with Crippen molar-refractivity contribution in [2.75, 3.05) is 13.2 Å². The van der Waals surface area contributed by atoms with Crippen LogP contribution >= 0.6 is 0 Å². The molecule has 1 atom stereocenters. The smallest absolute Gasteiger partial charge is 0.306 e. The lowest BCUT2D eigenvalue weighted by molar-refractivity contribution is -0.167. The van der Waals surface area contributed by atoms with Crippen molar-refractivity contribution >= 4 is 17.9 Å². The summed E-state index contributed by atoms with van der Waals surface area (Å²) in [5.74, 6) is -0.941. The molecule has 0 fully saturated rings. The van der Waals surface area contributed by atoms with Gasteiger partial charge in [-0.3, -0.25) is 14.4 Å². The molecule has 0 rings (SSSR count). The number of allylic oxidation sites excluding steroid dienone is 8. The highest BCUT2D eigenvalue weighted by molar-refractivity contribution is 5.71. The van der Waals surface area contributed by atoms with Crippen LogP contribution in [0.25, 0.3) is 0 Å². The third-order valence-electron chi connectivity index (χ3n) is 10.9. The first-order valence-electron chi connectivity index (χ1n) is 25.2. The minimum atomic E-state index is -0.790. The summed E-state index contributed by atoms with van der Waals surface area (Å²) in [7, 11) is 0. The number of hydrogen-bond donors (Lipinski definition) is 0. The summed E-state index contributed by atoms with van der Waals surface area (Å²) in [5, 5.41) is 0.